The van der Waals surface area contributed by atoms with E-state index in [1.54, 1.807) is 0 Å². The van der Waals surface area contributed by atoms with E-state index >= 15 is 0 Å². The summed E-state index contributed by atoms with van der Waals surface area (Å²) in [6.45, 7) is 6.04. The Morgan fingerprint density at radius 3 is 2.94 bits per heavy atom. The van der Waals surface area contributed by atoms with Gasteiger partial charge in [-0.25, -0.2) is 0 Å². The lowest BCUT2D eigenvalue weighted by molar-refractivity contribution is -0.137. The topological polar surface area (TPSA) is 32.8 Å². The van der Waals surface area contributed by atoms with Gasteiger partial charge in [0.15, 0.2) is 0 Å². The molecule has 0 N–H and O–H groups in total. The van der Waals surface area contributed by atoms with E-state index in [2.05, 4.69) is 4.90 Å². The van der Waals surface area contributed by atoms with E-state index in [1.165, 1.54) is 12.8 Å². The van der Waals surface area contributed by atoms with Gasteiger partial charge in [-0.1, -0.05) is 0 Å². The molecule has 18 heavy (non-hydrogen) atoms. The Kier molecular flexibility index (Phi) is 3.32. The van der Waals surface area contributed by atoms with Crippen molar-refractivity contribution in [2.45, 2.75) is 25.7 Å². The summed E-state index contributed by atoms with van der Waals surface area (Å²) in [5.74, 6) is 1.07. The van der Waals surface area contributed by atoms with Gasteiger partial charge in [-0.2, -0.15) is 0 Å². The Hall–Kier alpha value is -0.610. The summed E-state index contributed by atoms with van der Waals surface area (Å²) in [6, 6.07) is 0. The van der Waals surface area contributed by atoms with E-state index in [0.29, 0.717) is 11.8 Å². The number of ether oxygens (including phenoxy) is 1. The lowest BCUT2D eigenvalue weighted by atomic mass is 9.78. The van der Waals surface area contributed by atoms with Crippen LogP contribution in [0, 0.1) is 11.3 Å². The smallest absolute Gasteiger partial charge is 0.229 e. The Morgan fingerprint density at radius 1 is 1.39 bits per heavy atom. The van der Waals surface area contributed by atoms with E-state index in [-0.39, 0.29) is 5.41 Å². The normalized spacial score (nSPS) is 37.9. The quantitative estimate of drug-likeness (QED) is 0.734. The molecule has 3 aliphatic rings. The van der Waals surface area contributed by atoms with Crippen molar-refractivity contribution >= 4 is 5.91 Å². The van der Waals surface area contributed by atoms with E-state index in [0.717, 1.165) is 52.2 Å². The third kappa shape index (κ3) is 2.16. The summed E-state index contributed by atoms with van der Waals surface area (Å²) in [7, 11) is 1.95. The van der Waals surface area contributed by atoms with Crippen LogP contribution in [0.25, 0.3) is 0 Å². The minimum Gasteiger partial charge on any atom is -0.381 e. The molecule has 0 radical (unpaired) electrons. The number of rotatable bonds is 2. The number of nitrogens with zero attached hydrogens (tertiary/aromatic N) is 2. The monoisotopic (exact) mass is 252 g/mol. The van der Waals surface area contributed by atoms with Crippen LogP contribution in [0.5, 0.6) is 0 Å². The second-order valence-electron chi connectivity index (χ2n) is 6.33. The predicted octanol–water partition coefficient (Wildman–Crippen LogP) is 0.967. The largest absolute Gasteiger partial charge is 0.381 e. The third-order valence-electron chi connectivity index (χ3n) is 4.92. The Labute approximate surface area is 109 Å². The van der Waals surface area contributed by atoms with Crippen LogP contribution in [-0.4, -0.2) is 62.1 Å². The molecule has 0 aliphatic carbocycles. The molecule has 3 heterocycles. The highest BCUT2D eigenvalue weighted by Crippen LogP contribution is 2.39. The Bertz CT molecular complexity index is 324. The molecule has 0 bridgehead atoms. The molecule has 3 saturated heterocycles. The predicted molar refractivity (Wildman–Crippen MR) is 69.3 cm³/mol. The minimum atomic E-state index is -0.0491. The molecule has 0 aromatic heterocycles. The number of amides is 1. The maximum Gasteiger partial charge on any atom is 0.229 e. The first-order valence-corrected chi connectivity index (χ1v) is 7.25. The Morgan fingerprint density at radius 2 is 2.28 bits per heavy atom. The van der Waals surface area contributed by atoms with Crippen molar-refractivity contribution in [3.8, 4) is 0 Å². The lowest BCUT2D eigenvalue weighted by Crippen LogP contribution is -2.48. The van der Waals surface area contributed by atoms with Gasteiger partial charge < -0.3 is 14.5 Å². The fraction of sp³-hybridized carbons (Fsp3) is 0.929. The molecule has 102 valence electrons. The fourth-order valence-electron chi connectivity index (χ4n) is 3.85. The van der Waals surface area contributed by atoms with Crippen molar-refractivity contribution in [2.75, 3.05) is 46.4 Å². The van der Waals surface area contributed by atoms with Gasteiger partial charge in [0.2, 0.25) is 5.91 Å². The van der Waals surface area contributed by atoms with E-state index < -0.39 is 0 Å². The summed E-state index contributed by atoms with van der Waals surface area (Å²) < 4.78 is 5.45. The van der Waals surface area contributed by atoms with Crippen LogP contribution >= 0.6 is 0 Å². The summed E-state index contributed by atoms with van der Waals surface area (Å²) in [5, 5.41) is 0. The number of hydrogen-bond donors (Lipinski definition) is 0. The zero-order chi connectivity index (χ0) is 12.6. The van der Waals surface area contributed by atoms with Gasteiger partial charge in [-0.3, -0.25) is 4.79 Å². The highest BCUT2D eigenvalue weighted by atomic mass is 16.5. The van der Waals surface area contributed by atoms with E-state index in [4.69, 9.17) is 4.74 Å². The summed E-state index contributed by atoms with van der Waals surface area (Å²) in [5.41, 5.74) is -0.0491. The second-order valence-corrected chi connectivity index (χ2v) is 6.33. The summed E-state index contributed by atoms with van der Waals surface area (Å²) in [6.07, 6.45) is 4.51. The lowest BCUT2D eigenvalue weighted by Gasteiger charge is -2.39. The number of carbonyl (C=O) groups is 1. The average molecular weight is 252 g/mol. The minimum absolute atomic E-state index is 0.0491. The van der Waals surface area contributed by atoms with Crippen molar-refractivity contribution < 1.29 is 9.53 Å². The highest BCUT2D eigenvalue weighted by Gasteiger charge is 2.47. The zero-order valence-corrected chi connectivity index (χ0v) is 11.4. The molecule has 0 aromatic carbocycles. The van der Waals surface area contributed by atoms with Crippen molar-refractivity contribution in [3.63, 3.8) is 0 Å². The molecule has 4 heteroatoms. The number of piperidine rings is 1. The van der Waals surface area contributed by atoms with Crippen LogP contribution in [0.4, 0.5) is 0 Å². The van der Waals surface area contributed by atoms with E-state index in [9.17, 15) is 4.79 Å². The molecule has 1 amide bonds. The molecule has 3 rings (SSSR count). The first kappa shape index (κ1) is 12.4. The van der Waals surface area contributed by atoms with Crippen molar-refractivity contribution in [1.82, 2.24) is 9.80 Å². The van der Waals surface area contributed by atoms with Gasteiger partial charge in [0.1, 0.15) is 0 Å². The van der Waals surface area contributed by atoms with Crippen LogP contribution in [0.3, 0.4) is 0 Å². The molecular formula is C14H24N2O2. The molecule has 0 unspecified atom stereocenters. The van der Waals surface area contributed by atoms with Gasteiger partial charge in [0, 0.05) is 33.3 Å². The first-order valence-electron chi connectivity index (χ1n) is 7.25. The molecule has 4 nitrogen and oxygen atoms in total. The van der Waals surface area contributed by atoms with Crippen LogP contribution in [0.15, 0.2) is 0 Å². The fourth-order valence-corrected chi connectivity index (χ4v) is 3.85. The zero-order valence-electron chi connectivity index (χ0n) is 11.4. The molecule has 2 atom stereocenters. The molecular weight excluding hydrogens is 228 g/mol. The van der Waals surface area contributed by atoms with Gasteiger partial charge >= 0.3 is 0 Å². The van der Waals surface area contributed by atoms with Crippen LogP contribution in [0.1, 0.15) is 25.7 Å². The van der Waals surface area contributed by atoms with Crippen LogP contribution in [-0.2, 0) is 9.53 Å². The molecule has 3 fully saturated rings. The standard InChI is InChI=1S/C14H24N2O2/c1-15-7-5-14(13(15)17)4-2-6-16(11-14)9-12-3-8-18-10-12/h12H,2-11H2,1H3/t12-,14+/m1/s1. The Balaban J connectivity index is 1.63. The molecule has 0 aromatic rings. The van der Waals surface area contributed by atoms with Crippen LogP contribution < -0.4 is 0 Å². The highest BCUT2D eigenvalue weighted by molar-refractivity contribution is 5.85. The van der Waals surface area contributed by atoms with Crippen molar-refractivity contribution in [3.05, 3.63) is 0 Å². The number of hydrogen-bond acceptors (Lipinski definition) is 3. The molecule has 1 spiro atoms. The van der Waals surface area contributed by atoms with E-state index in [1.807, 2.05) is 11.9 Å². The summed E-state index contributed by atoms with van der Waals surface area (Å²) in [4.78, 5) is 16.8. The van der Waals surface area contributed by atoms with Crippen molar-refractivity contribution in [1.29, 1.82) is 0 Å². The van der Waals surface area contributed by atoms with Gasteiger partial charge in [0.05, 0.1) is 12.0 Å². The number of carbonyl (C=O) groups excluding carboxylic acids is 1. The first-order chi connectivity index (χ1) is 8.70. The third-order valence-corrected chi connectivity index (χ3v) is 4.92. The number of likely N-dealkylation sites (tertiary alicyclic amines) is 2. The van der Waals surface area contributed by atoms with Crippen LogP contribution in [0.2, 0.25) is 0 Å². The SMILES string of the molecule is CN1CC[C@]2(CCCN(C[C@H]3CCOC3)C2)C1=O. The van der Waals surface area contributed by atoms with Gasteiger partial charge in [0.25, 0.3) is 0 Å². The average Bonchev–Trinajstić information content (AvgIpc) is 2.96. The van der Waals surface area contributed by atoms with Gasteiger partial charge in [-0.05, 0) is 38.1 Å². The van der Waals surface area contributed by atoms with Gasteiger partial charge in [-0.15, -0.1) is 0 Å². The maximum atomic E-state index is 12.3. The maximum absolute atomic E-state index is 12.3. The molecule has 3 aliphatic heterocycles. The second kappa shape index (κ2) is 4.82. The summed E-state index contributed by atoms with van der Waals surface area (Å²) >= 11 is 0. The van der Waals surface area contributed by atoms with Crippen molar-refractivity contribution in [2.24, 2.45) is 11.3 Å². The molecule has 0 saturated carbocycles.